The molecule has 2 N–H and O–H groups in total. The van der Waals surface area contributed by atoms with Crippen LogP contribution in [0, 0.1) is 27.7 Å². The molecule has 0 amide bonds. The topological polar surface area (TPSA) is 214 Å². The summed E-state index contributed by atoms with van der Waals surface area (Å²) in [5, 5.41) is 22.8. The Hall–Kier alpha value is -3.56. The summed E-state index contributed by atoms with van der Waals surface area (Å²) in [7, 11) is -18.8. The fourth-order valence-electron chi connectivity index (χ4n) is 4.51. The number of rotatable bonds is 17. The molecule has 0 aliphatic carbocycles. The van der Waals surface area contributed by atoms with Gasteiger partial charge in [-0.3, -0.25) is 16.7 Å². The predicted octanol–water partition coefficient (Wildman–Crippen LogP) is 3.30. The molecule has 0 spiro atoms. The summed E-state index contributed by atoms with van der Waals surface area (Å²) in [6.45, 7) is 4.36. The molecule has 0 unspecified atom stereocenters. The Kier molecular flexibility index (Phi) is 13.2. The minimum Gasteiger partial charge on any atom is -0.387 e. The molecule has 4 rings (SSSR count). The third kappa shape index (κ3) is 10.8. The van der Waals surface area contributed by atoms with Gasteiger partial charge >= 0.3 is 0 Å². The minimum absolute atomic E-state index is 0.326. The first-order chi connectivity index (χ1) is 24.2. The van der Waals surface area contributed by atoms with E-state index in [9.17, 15) is 43.9 Å². The molecule has 18 heteroatoms. The van der Waals surface area contributed by atoms with Crippen molar-refractivity contribution in [3.63, 3.8) is 0 Å². The van der Waals surface area contributed by atoms with Crippen molar-refractivity contribution < 1.29 is 60.6 Å². The number of aryl methyl sites for hydroxylation is 4. The highest BCUT2D eigenvalue weighted by Gasteiger charge is 2.41. The van der Waals surface area contributed by atoms with Crippen molar-refractivity contribution in [1.82, 2.24) is 0 Å². The van der Waals surface area contributed by atoms with Gasteiger partial charge in [0.2, 0.25) is 0 Å². The first-order valence-corrected chi connectivity index (χ1v) is 21.1. The molecule has 4 aromatic carbocycles. The monoisotopic (exact) mass is 798 g/mol. The normalized spacial score (nSPS) is 15.1. The molecule has 0 aliphatic rings. The molecule has 4 aromatic rings. The van der Waals surface area contributed by atoms with E-state index < -0.39 is 87.9 Å². The summed E-state index contributed by atoms with van der Waals surface area (Å²) in [5.74, 6) is 0. The third-order valence-corrected chi connectivity index (χ3v) is 12.9. The lowest BCUT2D eigenvalue weighted by molar-refractivity contribution is -0.103. The van der Waals surface area contributed by atoms with Crippen molar-refractivity contribution in [2.75, 3.05) is 13.2 Å². The molecule has 4 atom stereocenters. The lowest BCUT2D eigenvalue weighted by Gasteiger charge is -2.30. The maximum Gasteiger partial charge on any atom is 0.297 e. The van der Waals surface area contributed by atoms with E-state index in [0.29, 0.717) is 11.1 Å². The second kappa shape index (κ2) is 16.6. The maximum absolute atomic E-state index is 13.3. The molecule has 52 heavy (non-hydrogen) atoms. The van der Waals surface area contributed by atoms with Crippen molar-refractivity contribution in [3.8, 4) is 0 Å². The van der Waals surface area contributed by atoms with Crippen LogP contribution >= 0.6 is 0 Å². The van der Waals surface area contributed by atoms with Gasteiger partial charge in [-0.2, -0.15) is 33.7 Å². The summed E-state index contributed by atoms with van der Waals surface area (Å²) in [4.78, 5) is -1.47. The summed E-state index contributed by atoms with van der Waals surface area (Å²) in [5.41, 5.74) is 2.82. The highest BCUT2D eigenvalue weighted by molar-refractivity contribution is 7.87. The van der Waals surface area contributed by atoms with Gasteiger partial charge in [0.05, 0.1) is 32.8 Å². The van der Waals surface area contributed by atoms with Gasteiger partial charge < -0.3 is 10.2 Å². The second-order valence-corrected chi connectivity index (χ2v) is 18.3. The van der Waals surface area contributed by atoms with Crippen molar-refractivity contribution in [3.05, 3.63) is 119 Å². The number of hydrogen-bond donors (Lipinski definition) is 2. The molecule has 14 nitrogen and oxygen atoms in total. The molecule has 282 valence electrons. The Balaban J connectivity index is 1.70. The fraction of sp³-hybridized carbons (Fsp3) is 0.294. The Morgan fingerprint density at radius 1 is 0.404 bits per heavy atom. The largest absolute Gasteiger partial charge is 0.387 e. The van der Waals surface area contributed by atoms with Crippen LogP contribution in [0.15, 0.2) is 117 Å². The number of aliphatic hydroxyl groups is 2. The zero-order valence-corrected chi connectivity index (χ0v) is 31.7. The van der Waals surface area contributed by atoms with Gasteiger partial charge in [-0.25, -0.2) is 0 Å². The van der Waals surface area contributed by atoms with Crippen molar-refractivity contribution in [1.29, 1.82) is 0 Å². The molecular weight excluding hydrogens is 761 g/mol. The average Bonchev–Trinajstić information content (AvgIpc) is 3.08. The zero-order chi connectivity index (χ0) is 38.5. The van der Waals surface area contributed by atoms with E-state index in [1.807, 2.05) is 0 Å². The molecule has 0 aromatic heterocycles. The van der Waals surface area contributed by atoms with Crippen LogP contribution in [0.25, 0.3) is 0 Å². The van der Waals surface area contributed by atoms with Gasteiger partial charge in [-0.05, 0) is 76.2 Å². The van der Waals surface area contributed by atoms with Crippen molar-refractivity contribution in [2.24, 2.45) is 0 Å². The lowest BCUT2D eigenvalue weighted by atomic mass is 10.0. The van der Waals surface area contributed by atoms with Crippen LogP contribution in [-0.2, 0) is 57.2 Å². The van der Waals surface area contributed by atoms with Gasteiger partial charge in [-0.1, -0.05) is 70.8 Å². The predicted molar refractivity (Wildman–Crippen MR) is 187 cm³/mol. The van der Waals surface area contributed by atoms with E-state index in [-0.39, 0.29) is 9.79 Å². The van der Waals surface area contributed by atoms with Gasteiger partial charge in [0.15, 0.2) is 0 Å². The van der Waals surface area contributed by atoms with Crippen LogP contribution in [0.5, 0.6) is 0 Å². The van der Waals surface area contributed by atoms with Crippen LogP contribution in [0.4, 0.5) is 0 Å². The first kappa shape index (κ1) is 41.2. The van der Waals surface area contributed by atoms with E-state index >= 15 is 0 Å². The van der Waals surface area contributed by atoms with E-state index in [4.69, 9.17) is 16.7 Å². The van der Waals surface area contributed by atoms with Crippen molar-refractivity contribution >= 4 is 40.5 Å². The lowest BCUT2D eigenvalue weighted by Crippen LogP contribution is -2.51. The fourth-order valence-corrected chi connectivity index (χ4v) is 8.50. The van der Waals surface area contributed by atoms with Gasteiger partial charge in [0.25, 0.3) is 40.5 Å². The molecule has 0 radical (unpaired) electrons. The second-order valence-electron chi connectivity index (χ2n) is 11.9. The molecule has 0 saturated heterocycles. The van der Waals surface area contributed by atoms with Crippen LogP contribution in [-0.4, -0.2) is 81.5 Å². The van der Waals surface area contributed by atoms with E-state index in [2.05, 4.69) is 0 Å². The molecule has 0 heterocycles. The van der Waals surface area contributed by atoms with Gasteiger partial charge in [0.1, 0.15) is 24.4 Å². The van der Waals surface area contributed by atoms with Gasteiger partial charge in [0, 0.05) is 0 Å². The first-order valence-electron chi connectivity index (χ1n) is 15.5. The smallest absolute Gasteiger partial charge is 0.297 e. The van der Waals surface area contributed by atoms with E-state index in [0.717, 1.165) is 11.1 Å². The molecule has 0 saturated carbocycles. The Bertz CT molecular complexity index is 2090. The molecule has 0 fully saturated rings. The number of benzene rings is 4. The summed E-state index contributed by atoms with van der Waals surface area (Å²) in [6.07, 6.45) is -9.50. The van der Waals surface area contributed by atoms with E-state index in [1.54, 1.807) is 27.7 Å². The van der Waals surface area contributed by atoms with Crippen LogP contribution in [0.1, 0.15) is 22.3 Å². The Labute approximate surface area is 304 Å². The van der Waals surface area contributed by atoms with Crippen LogP contribution in [0.2, 0.25) is 0 Å². The minimum atomic E-state index is -4.81. The Morgan fingerprint density at radius 2 is 0.615 bits per heavy atom. The average molecular weight is 799 g/mol. The number of aliphatic hydroxyl groups excluding tert-OH is 2. The standard InChI is InChI=1S/C34H38O14S4/c1-23-5-13-27(14-6-23)49(37,38)45-21-31(47-51(41,42)29-17-9-25(3)10-18-29)33(35)34(36)32(48-52(43,44)30-19-11-26(4)12-20-30)22-46-50(39,40)28-15-7-24(2)8-16-28/h5-20,31-36H,21-22H2,1-4H3/t31-,32-,33-,34-/m1/s1. The maximum atomic E-state index is 13.3. The zero-order valence-electron chi connectivity index (χ0n) is 28.4. The molecule has 0 bridgehead atoms. The van der Waals surface area contributed by atoms with Gasteiger partial charge in [-0.15, -0.1) is 0 Å². The third-order valence-electron chi connectivity index (χ3n) is 7.63. The van der Waals surface area contributed by atoms with E-state index in [1.165, 1.54) is 97.1 Å². The van der Waals surface area contributed by atoms with Crippen LogP contribution < -0.4 is 0 Å². The van der Waals surface area contributed by atoms with Crippen LogP contribution in [0.3, 0.4) is 0 Å². The van der Waals surface area contributed by atoms with Crippen molar-refractivity contribution in [2.45, 2.75) is 71.7 Å². The highest BCUT2D eigenvalue weighted by atomic mass is 32.2. The summed E-state index contributed by atoms with van der Waals surface area (Å²) in [6, 6.07) is 21.3. The number of hydrogen-bond acceptors (Lipinski definition) is 14. The Morgan fingerprint density at radius 3 is 0.846 bits per heavy atom. The highest BCUT2D eigenvalue weighted by Crippen LogP contribution is 2.25. The SMILES string of the molecule is Cc1ccc(S(=O)(=O)OC[C@@H](OS(=O)(=O)c2ccc(C)cc2)[C@@H](O)[C@H](O)[C@@H](COS(=O)(=O)c2ccc(C)cc2)OS(=O)(=O)c2ccc(C)cc2)cc1. The summed E-state index contributed by atoms with van der Waals surface area (Å²) >= 11 is 0. The molecule has 0 aliphatic heterocycles. The quantitative estimate of drug-likeness (QED) is 0.147. The summed E-state index contributed by atoms with van der Waals surface area (Å²) < 4.78 is 126. The molecular formula is C34H38O14S4.